The van der Waals surface area contributed by atoms with E-state index in [1.165, 1.54) is 0 Å². The van der Waals surface area contributed by atoms with Crippen LogP contribution in [-0.2, 0) is 4.74 Å². The number of aliphatic hydroxyl groups is 1. The first-order valence-corrected chi connectivity index (χ1v) is 6.46. The summed E-state index contributed by atoms with van der Waals surface area (Å²) in [6.07, 6.45) is 2.14. The van der Waals surface area contributed by atoms with Gasteiger partial charge in [0.1, 0.15) is 0 Å². The van der Waals surface area contributed by atoms with Crippen molar-refractivity contribution in [3.8, 4) is 0 Å². The third kappa shape index (κ3) is 4.04. The van der Waals surface area contributed by atoms with Crippen LogP contribution in [0.5, 0.6) is 0 Å². The summed E-state index contributed by atoms with van der Waals surface area (Å²) >= 11 is 0. The SMILES string of the molecule is COCCC(CO)NC(=O)c1cnn(C(C)C)c1C. The van der Waals surface area contributed by atoms with Crippen molar-refractivity contribution < 1.29 is 14.6 Å². The number of ether oxygens (including phenoxy) is 1. The van der Waals surface area contributed by atoms with Crippen molar-refractivity contribution in [1.82, 2.24) is 15.1 Å². The second kappa shape index (κ2) is 7.25. The average Bonchev–Trinajstić information content (AvgIpc) is 2.76. The zero-order valence-electron chi connectivity index (χ0n) is 12.0. The Bertz CT molecular complexity index is 415. The van der Waals surface area contributed by atoms with E-state index in [9.17, 15) is 9.90 Å². The highest BCUT2D eigenvalue weighted by Crippen LogP contribution is 2.12. The fraction of sp³-hybridized carbons (Fsp3) is 0.692. The molecule has 1 atom stereocenters. The van der Waals surface area contributed by atoms with Crippen LogP contribution in [0.1, 0.15) is 42.4 Å². The van der Waals surface area contributed by atoms with Crippen LogP contribution < -0.4 is 5.32 Å². The normalized spacial score (nSPS) is 12.7. The van der Waals surface area contributed by atoms with E-state index in [4.69, 9.17) is 4.74 Å². The molecule has 6 nitrogen and oxygen atoms in total. The zero-order chi connectivity index (χ0) is 14.4. The van der Waals surface area contributed by atoms with Gasteiger partial charge < -0.3 is 15.2 Å². The number of nitrogens with one attached hydrogen (secondary N) is 1. The highest BCUT2D eigenvalue weighted by Gasteiger charge is 2.18. The largest absolute Gasteiger partial charge is 0.394 e. The van der Waals surface area contributed by atoms with Crippen LogP contribution in [0, 0.1) is 6.92 Å². The predicted octanol–water partition coefficient (Wildman–Crippen LogP) is 0.900. The number of carbonyl (C=O) groups is 1. The molecule has 0 aromatic carbocycles. The van der Waals surface area contributed by atoms with Crippen molar-refractivity contribution in [1.29, 1.82) is 0 Å². The Labute approximate surface area is 113 Å². The van der Waals surface area contributed by atoms with Crippen molar-refractivity contribution in [2.24, 2.45) is 0 Å². The quantitative estimate of drug-likeness (QED) is 0.771. The van der Waals surface area contributed by atoms with Gasteiger partial charge in [0.25, 0.3) is 5.91 Å². The molecule has 6 heteroatoms. The fourth-order valence-electron chi connectivity index (χ4n) is 1.90. The minimum atomic E-state index is -0.297. The van der Waals surface area contributed by atoms with Crippen molar-refractivity contribution in [2.75, 3.05) is 20.3 Å². The summed E-state index contributed by atoms with van der Waals surface area (Å²) in [5.41, 5.74) is 1.38. The lowest BCUT2D eigenvalue weighted by atomic mass is 10.2. The second-order valence-corrected chi connectivity index (χ2v) is 4.82. The Kier molecular flexibility index (Phi) is 5.98. The molecular weight excluding hydrogens is 246 g/mol. The van der Waals surface area contributed by atoms with E-state index in [-0.39, 0.29) is 24.6 Å². The third-order valence-corrected chi connectivity index (χ3v) is 3.00. The van der Waals surface area contributed by atoms with Crippen molar-refractivity contribution in [2.45, 2.75) is 39.3 Å². The second-order valence-electron chi connectivity index (χ2n) is 4.82. The van der Waals surface area contributed by atoms with Gasteiger partial charge in [0.15, 0.2) is 0 Å². The molecule has 0 radical (unpaired) electrons. The van der Waals surface area contributed by atoms with Gasteiger partial charge in [0.05, 0.1) is 24.4 Å². The summed E-state index contributed by atoms with van der Waals surface area (Å²) in [7, 11) is 1.59. The maximum Gasteiger partial charge on any atom is 0.255 e. The lowest BCUT2D eigenvalue weighted by Crippen LogP contribution is -2.38. The molecule has 0 aliphatic carbocycles. The summed E-state index contributed by atoms with van der Waals surface area (Å²) < 4.78 is 6.75. The van der Waals surface area contributed by atoms with Gasteiger partial charge >= 0.3 is 0 Å². The summed E-state index contributed by atoms with van der Waals surface area (Å²) in [4.78, 5) is 12.1. The maximum absolute atomic E-state index is 12.1. The first-order valence-electron chi connectivity index (χ1n) is 6.46. The lowest BCUT2D eigenvalue weighted by Gasteiger charge is -2.15. The molecule has 1 unspecified atom stereocenters. The fourth-order valence-corrected chi connectivity index (χ4v) is 1.90. The molecule has 0 saturated carbocycles. The summed E-state index contributed by atoms with van der Waals surface area (Å²) in [5.74, 6) is -0.209. The summed E-state index contributed by atoms with van der Waals surface area (Å²) in [5, 5.41) is 16.2. The number of aliphatic hydroxyl groups excluding tert-OH is 1. The summed E-state index contributed by atoms with van der Waals surface area (Å²) in [6, 6.07) is -0.0852. The first kappa shape index (κ1) is 15.7. The Hall–Kier alpha value is -1.40. The van der Waals surface area contributed by atoms with E-state index in [2.05, 4.69) is 10.4 Å². The standard InChI is InChI=1S/C13H23N3O3/c1-9(2)16-10(3)12(7-14-16)13(18)15-11(8-17)5-6-19-4/h7,9,11,17H,5-6,8H2,1-4H3,(H,15,18). The van der Waals surface area contributed by atoms with E-state index >= 15 is 0 Å². The first-order chi connectivity index (χ1) is 9.01. The molecule has 0 aliphatic heterocycles. The molecule has 19 heavy (non-hydrogen) atoms. The van der Waals surface area contributed by atoms with Gasteiger partial charge in [-0.2, -0.15) is 5.10 Å². The molecule has 2 N–H and O–H groups in total. The molecule has 0 aliphatic rings. The molecule has 0 bridgehead atoms. The van der Waals surface area contributed by atoms with Gasteiger partial charge in [0, 0.05) is 25.5 Å². The van der Waals surface area contributed by atoms with Crippen LogP contribution in [0.25, 0.3) is 0 Å². The molecule has 0 saturated heterocycles. The third-order valence-electron chi connectivity index (χ3n) is 3.00. The number of amides is 1. The van der Waals surface area contributed by atoms with E-state index in [0.29, 0.717) is 18.6 Å². The maximum atomic E-state index is 12.1. The zero-order valence-corrected chi connectivity index (χ0v) is 12.0. The molecule has 0 fully saturated rings. The van der Waals surface area contributed by atoms with Crippen LogP contribution in [-0.4, -0.2) is 47.2 Å². The van der Waals surface area contributed by atoms with Crippen molar-refractivity contribution >= 4 is 5.91 Å². The Morgan fingerprint density at radius 1 is 1.58 bits per heavy atom. The van der Waals surface area contributed by atoms with Crippen molar-refractivity contribution in [3.05, 3.63) is 17.5 Å². The molecule has 1 aromatic heterocycles. The predicted molar refractivity (Wildman–Crippen MR) is 72.2 cm³/mol. The van der Waals surface area contributed by atoms with Gasteiger partial charge in [-0.3, -0.25) is 9.48 Å². The highest BCUT2D eigenvalue weighted by molar-refractivity contribution is 5.95. The molecule has 108 valence electrons. The van der Waals surface area contributed by atoms with Gasteiger partial charge in [-0.25, -0.2) is 0 Å². The highest BCUT2D eigenvalue weighted by atomic mass is 16.5. The van der Waals surface area contributed by atoms with Crippen LogP contribution in [0.3, 0.4) is 0 Å². The van der Waals surface area contributed by atoms with E-state index in [1.54, 1.807) is 18.0 Å². The monoisotopic (exact) mass is 269 g/mol. The Morgan fingerprint density at radius 2 is 2.26 bits per heavy atom. The molecule has 1 rings (SSSR count). The van der Waals surface area contributed by atoms with Crippen LogP contribution in [0.4, 0.5) is 0 Å². The summed E-state index contributed by atoms with van der Waals surface area (Å²) in [6.45, 7) is 6.28. The van der Waals surface area contributed by atoms with Gasteiger partial charge in [-0.05, 0) is 27.2 Å². The smallest absolute Gasteiger partial charge is 0.255 e. The molecule has 0 spiro atoms. The number of aromatic nitrogens is 2. The number of methoxy groups -OCH3 is 1. The Morgan fingerprint density at radius 3 is 2.74 bits per heavy atom. The number of hydrogen-bond acceptors (Lipinski definition) is 4. The Balaban J connectivity index is 2.72. The molecular formula is C13H23N3O3. The minimum absolute atomic E-state index is 0.105. The van der Waals surface area contributed by atoms with Crippen molar-refractivity contribution in [3.63, 3.8) is 0 Å². The molecule has 1 aromatic rings. The number of hydrogen-bond donors (Lipinski definition) is 2. The minimum Gasteiger partial charge on any atom is -0.394 e. The van der Waals surface area contributed by atoms with Crippen LogP contribution in [0.2, 0.25) is 0 Å². The topological polar surface area (TPSA) is 76.4 Å². The van der Waals surface area contributed by atoms with Crippen LogP contribution in [0.15, 0.2) is 6.20 Å². The van der Waals surface area contributed by atoms with E-state index < -0.39 is 0 Å². The van der Waals surface area contributed by atoms with E-state index in [1.807, 2.05) is 20.8 Å². The van der Waals surface area contributed by atoms with E-state index in [0.717, 1.165) is 5.69 Å². The number of rotatable bonds is 7. The molecule has 1 heterocycles. The number of nitrogens with zero attached hydrogens (tertiary/aromatic N) is 2. The lowest BCUT2D eigenvalue weighted by molar-refractivity contribution is 0.0894. The van der Waals surface area contributed by atoms with Crippen LogP contribution >= 0.6 is 0 Å². The number of carbonyl (C=O) groups excluding carboxylic acids is 1. The average molecular weight is 269 g/mol. The molecule has 1 amide bonds. The van der Waals surface area contributed by atoms with Gasteiger partial charge in [0.2, 0.25) is 0 Å². The van der Waals surface area contributed by atoms with Gasteiger partial charge in [-0.15, -0.1) is 0 Å². The van der Waals surface area contributed by atoms with Gasteiger partial charge in [-0.1, -0.05) is 0 Å².